The molecule has 2 heterocycles. The normalized spacial score (nSPS) is 18.0. The van der Waals surface area contributed by atoms with Crippen molar-refractivity contribution in [1.29, 1.82) is 0 Å². The summed E-state index contributed by atoms with van der Waals surface area (Å²) in [6.07, 6.45) is -0.262. The maximum Gasteiger partial charge on any atom is 0.417 e. The molecule has 1 fully saturated rings. The Labute approximate surface area is 222 Å². The van der Waals surface area contributed by atoms with Crippen LogP contribution in [0.2, 0.25) is 5.02 Å². The number of nitrogens with one attached hydrogen (secondary N) is 1. The van der Waals surface area contributed by atoms with E-state index in [1.165, 1.54) is 0 Å². The highest BCUT2D eigenvalue weighted by Gasteiger charge is 2.36. The van der Waals surface area contributed by atoms with E-state index in [1.54, 1.807) is 15.3 Å². The lowest BCUT2D eigenvalue weighted by molar-refractivity contribution is -0.137. The fourth-order valence-electron chi connectivity index (χ4n) is 5.22. The van der Waals surface area contributed by atoms with Crippen molar-refractivity contribution in [3.05, 3.63) is 99.2 Å². The maximum atomic E-state index is 13.4. The monoisotopic (exact) mass is 542 g/mol. The van der Waals surface area contributed by atoms with E-state index in [-0.39, 0.29) is 22.7 Å². The molecular formula is C28H26ClF3N4O2. The molecule has 1 amide bonds. The van der Waals surface area contributed by atoms with Gasteiger partial charge in [0.15, 0.2) is 0 Å². The Morgan fingerprint density at radius 2 is 1.66 bits per heavy atom. The highest BCUT2D eigenvalue weighted by molar-refractivity contribution is 6.31. The number of amides is 1. The maximum absolute atomic E-state index is 13.4. The second kappa shape index (κ2) is 10.6. The van der Waals surface area contributed by atoms with E-state index in [2.05, 4.69) is 10.3 Å². The summed E-state index contributed by atoms with van der Waals surface area (Å²) in [6, 6.07) is 16.0. The van der Waals surface area contributed by atoms with E-state index < -0.39 is 23.2 Å². The van der Waals surface area contributed by atoms with Crippen LogP contribution in [-0.4, -0.2) is 26.1 Å². The van der Waals surface area contributed by atoms with Crippen molar-refractivity contribution in [2.24, 2.45) is 5.92 Å². The lowest BCUT2D eigenvalue weighted by Crippen LogP contribution is -2.39. The summed E-state index contributed by atoms with van der Waals surface area (Å²) in [5, 5.41) is 2.82. The summed E-state index contributed by atoms with van der Waals surface area (Å²) in [6.45, 7) is 0.900. The van der Waals surface area contributed by atoms with Crippen molar-refractivity contribution in [2.45, 2.75) is 51.0 Å². The van der Waals surface area contributed by atoms with Crippen LogP contribution < -0.4 is 11.0 Å². The first-order valence-corrected chi connectivity index (χ1v) is 12.8. The van der Waals surface area contributed by atoms with Crippen LogP contribution >= 0.6 is 11.6 Å². The van der Waals surface area contributed by atoms with Gasteiger partial charge in [0, 0.05) is 23.8 Å². The fraction of sp³-hybridized carbons (Fsp3) is 0.321. The summed E-state index contributed by atoms with van der Waals surface area (Å²) < 4.78 is 43.7. The molecule has 0 aliphatic heterocycles. The third kappa shape index (κ3) is 5.48. The lowest BCUT2D eigenvalue weighted by atomic mass is 9.85. The molecule has 6 nitrogen and oxygen atoms in total. The molecule has 2 aromatic carbocycles. The van der Waals surface area contributed by atoms with E-state index in [4.69, 9.17) is 11.6 Å². The predicted octanol–water partition coefficient (Wildman–Crippen LogP) is 5.91. The number of hydrogen-bond donors (Lipinski definition) is 1. The minimum atomic E-state index is -4.65. The Morgan fingerprint density at radius 1 is 0.974 bits per heavy atom. The molecule has 0 saturated heterocycles. The molecule has 5 rings (SSSR count). The van der Waals surface area contributed by atoms with Gasteiger partial charge in [0.1, 0.15) is 0 Å². The average Bonchev–Trinajstić information content (AvgIpc) is 3.15. The molecule has 0 bridgehead atoms. The van der Waals surface area contributed by atoms with Gasteiger partial charge in [-0.1, -0.05) is 29.8 Å². The van der Waals surface area contributed by atoms with Crippen molar-refractivity contribution in [3.8, 4) is 0 Å². The number of benzene rings is 2. The van der Waals surface area contributed by atoms with Crippen LogP contribution in [0, 0.1) is 5.92 Å². The number of pyridine rings is 1. The van der Waals surface area contributed by atoms with E-state index in [1.807, 2.05) is 42.5 Å². The van der Waals surface area contributed by atoms with Gasteiger partial charge < -0.3 is 5.32 Å². The standard InChI is InChI=1S/C28H26ClF3N4O2/c29-19-10-13-23(28(30,31)32)22(15-19)26(37)34-20-11-8-18(9-12-20)16-35-24-6-1-2-7-25(24)36(27(35)38)17-21-5-3-4-14-33-21/h1-7,10,13-15,18,20H,8-9,11-12,16-17H2,(H,34,37)/t18-,20-. The van der Waals surface area contributed by atoms with Crippen LogP contribution in [0.4, 0.5) is 13.2 Å². The smallest absolute Gasteiger partial charge is 0.349 e. The van der Waals surface area contributed by atoms with Gasteiger partial charge in [-0.3, -0.25) is 18.9 Å². The highest BCUT2D eigenvalue weighted by Crippen LogP contribution is 2.34. The highest BCUT2D eigenvalue weighted by atomic mass is 35.5. The lowest BCUT2D eigenvalue weighted by Gasteiger charge is -2.29. The Morgan fingerprint density at radius 3 is 2.32 bits per heavy atom. The predicted molar refractivity (Wildman–Crippen MR) is 139 cm³/mol. The van der Waals surface area contributed by atoms with E-state index in [0.29, 0.717) is 25.9 Å². The summed E-state index contributed by atoms with van der Waals surface area (Å²) >= 11 is 5.87. The summed E-state index contributed by atoms with van der Waals surface area (Å²) in [7, 11) is 0. The number of aromatic nitrogens is 3. The van der Waals surface area contributed by atoms with Gasteiger partial charge in [-0.05, 0) is 74.1 Å². The molecule has 0 spiro atoms. The number of halogens is 4. The van der Waals surface area contributed by atoms with Crippen LogP contribution in [0.25, 0.3) is 11.0 Å². The number of hydrogen-bond acceptors (Lipinski definition) is 3. The number of fused-ring (bicyclic) bond motifs is 1. The molecule has 1 saturated carbocycles. The molecule has 4 aromatic rings. The molecule has 1 N–H and O–H groups in total. The minimum Gasteiger partial charge on any atom is -0.349 e. The van der Waals surface area contributed by atoms with E-state index in [0.717, 1.165) is 47.8 Å². The van der Waals surface area contributed by atoms with Crippen LogP contribution in [0.5, 0.6) is 0 Å². The van der Waals surface area contributed by atoms with E-state index >= 15 is 0 Å². The van der Waals surface area contributed by atoms with Crippen LogP contribution in [0.3, 0.4) is 0 Å². The van der Waals surface area contributed by atoms with Gasteiger partial charge in [0.25, 0.3) is 5.91 Å². The number of rotatable bonds is 6. The van der Waals surface area contributed by atoms with E-state index in [9.17, 15) is 22.8 Å². The average molecular weight is 543 g/mol. The summed E-state index contributed by atoms with van der Waals surface area (Å²) in [5.41, 5.74) is 0.902. The zero-order chi connectivity index (χ0) is 26.9. The largest absolute Gasteiger partial charge is 0.417 e. The van der Waals surface area contributed by atoms with Crippen LogP contribution in [0.1, 0.15) is 47.3 Å². The quantitative estimate of drug-likeness (QED) is 0.329. The fourth-order valence-corrected chi connectivity index (χ4v) is 5.39. The first-order valence-electron chi connectivity index (χ1n) is 12.5. The van der Waals surface area contributed by atoms with Gasteiger partial charge in [0.2, 0.25) is 0 Å². The van der Waals surface area contributed by atoms with Gasteiger partial charge in [0.05, 0.1) is 34.4 Å². The van der Waals surface area contributed by atoms with Crippen molar-refractivity contribution < 1.29 is 18.0 Å². The van der Waals surface area contributed by atoms with Crippen molar-refractivity contribution in [1.82, 2.24) is 19.4 Å². The van der Waals surface area contributed by atoms with Crippen molar-refractivity contribution in [3.63, 3.8) is 0 Å². The molecule has 1 aliphatic carbocycles. The topological polar surface area (TPSA) is 68.9 Å². The number of nitrogens with zero attached hydrogens (tertiary/aromatic N) is 3. The molecule has 1 aliphatic rings. The Hall–Kier alpha value is -3.59. The first kappa shape index (κ1) is 26.0. The first-order chi connectivity index (χ1) is 18.2. The van der Waals surface area contributed by atoms with Gasteiger partial charge in [-0.15, -0.1) is 0 Å². The van der Waals surface area contributed by atoms with Crippen LogP contribution in [-0.2, 0) is 19.3 Å². The zero-order valence-corrected chi connectivity index (χ0v) is 21.2. The van der Waals surface area contributed by atoms with Gasteiger partial charge in [-0.2, -0.15) is 13.2 Å². The van der Waals surface area contributed by atoms with Crippen LogP contribution in [0.15, 0.2) is 71.7 Å². The minimum absolute atomic E-state index is 0.0690. The number of alkyl halides is 3. The number of imidazole rings is 1. The molecule has 38 heavy (non-hydrogen) atoms. The third-order valence-corrected chi connectivity index (χ3v) is 7.36. The Balaban J connectivity index is 1.27. The Bertz CT molecular complexity index is 1510. The van der Waals surface area contributed by atoms with Crippen molar-refractivity contribution in [2.75, 3.05) is 0 Å². The van der Waals surface area contributed by atoms with Gasteiger partial charge >= 0.3 is 11.9 Å². The summed E-state index contributed by atoms with van der Waals surface area (Å²) in [5.74, 6) is -0.580. The third-order valence-electron chi connectivity index (χ3n) is 7.13. The Kier molecular flexibility index (Phi) is 7.29. The summed E-state index contributed by atoms with van der Waals surface area (Å²) in [4.78, 5) is 30.5. The second-order valence-electron chi connectivity index (χ2n) is 9.67. The molecule has 2 aromatic heterocycles. The SMILES string of the molecule is O=C(N[C@H]1CC[C@H](Cn2c(=O)n(Cc3ccccn3)c3ccccc32)CC1)c1cc(Cl)ccc1C(F)(F)F. The van der Waals surface area contributed by atoms with Crippen molar-refractivity contribution >= 4 is 28.5 Å². The number of carbonyl (C=O) groups is 1. The molecule has 10 heteroatoms. The number of carbonyl (C=O) groups excluding carboxylic acids is 1. The molecule has 0 radical (unpaired) electrons. The number of para-hydroxylation sites is 2. The zero-order valence-electron chi connectivity index (χ0n) is 20.4. The molecular weight excluding hydrogens is 517 g/mol. The second-order valence-corrected chi connectivity index (χ2v) is 10.1. The molecule has 0 atom stereocenters. The van der Waals surface area contributed by atoms with Gasteiger partial charge in [-0.25, -0.2) is 4.79 Å². The molecule has 0 unspecified atom stereocenters. The molecule has 198 valence electrons.